The molecule has 2 aromatic carbocycles. The zero-order valence-corrected chi connectivity index (χ0v) is 16.8. The van der Waals surface area contributed by atoms with E-state index in [2.05, 4.69) is 6.07 Å². The van der Waals surface area contributed by atoms with Gasteiger partial charge in [0.05, 0.1) is 37.5 Å². The zero-order valence-electron chi connectivity index (χ0n) is 16.8. The molecule has 8 nitrogen and oxygen atoms in total. The third-order valence-corrected chi connectivity index (χ3v) is 4.78. The lowest BCUT2D eigenvalue weighted by Gasteiger charge is -2.30. The molecule has 3 rings (SSSR count). The van der Waals surface area contributed by atoms with Crippen molar-refractivity contribution in [1.82, 2.24) is 4.90 Å². The Morgan fingerprint density at radius 2 is 2.10 bits per heavy atom. The smallest absolute Gasteiger partial charge is 0.407 e. The fraction of sp³-hybridized carbons (Fsp3) is 0.318. The topological polar surface area (TPSA) is 109 Å². The van der Waals surface area contributed by atoms with Crippen molar-refractivity contribution >= 4 is 12.1 Å². The third-order valence-electron chi connectivity index (χ3n) is 4.78. The van der Waals surface area contributed by atoms with E-state index < -0.39 is 18.2 Å². The van der Waals surface area contributed by atoms with Crippen LogP contribution in [0, 0.1) is 18.3 Å². The Bertz CT molecular complexity index is 998. The zero-order chi connectivity index (χ0) is 21.7. The molecule has 1 saturated heterocycles. The van der Waals surface area contributed by atoms with Gasteiger partial charge in [-0.3, -0.25) is 0 Å². The Hall–Kier alpha value is -3.57. The SMILES string of the molecule is COC(=O)c1cc(OCC2CN(C(=O)O)CCO2)cc(-c2ccc(C)cc2C#N)c1. The number of hydrogen-bond acceptors (Lipinski definition) is 6. The van der Waals surface area contributed by atoms with Crippen molar-refractivity contribution in [1.29, 1.82) is 5.26 Å². The van der Waals surface area contributed by atoms with Crippen molar-refractivity contribution in [3.8, 4) is 22.9 Å². The summed E-state index contributed by atoms with van der Waals surface area (Å²) in [6.45, 7) is 2.83. The molecule has 0 aliphatic carbocycles. The molecule has 0 bridgehead atoms. The molecule has 1 N–H and O–H groups in total. The van der Waals surface area contributed by atoms with Crippen molar-refractivity contribution in [3.63, 3.8) is 0 Å². The Morgan fingerprint density at radius 1 is 1.30 bits per heavy atom. The van der Waals surface area contributed by atoms with Crippen LogP contribution in [0.2, 0.25) is 0 Å². The summed E-state index contributed by atoms with van der Waals surface area (Å²) in [7, 11) is 1.29. The van der Waals surface area contributed by atoms with E-state index in [1.807, 2.05) is 19.1 Å². The molecule has 1 heterocycles. The fourth-order valence-electron chi connectivity index (χ4n) is 3.26. The van der Waals surface area contributed by atoms with Crippen LogP contribution in [-0.2, 0) is 9.47 Å². The molecule has 30 heavy (non-hydrogen) atoms. The van der Waals surface area contributed by atoms with Crippen molar-refractivity contribution < 1.29 is 28.9 Å². The first-order valence-corrected chi connectivity index (χ1v) is 9.38. The van der Waals surface area contributed by atoms with E-state index in [0.29, 0.717) is 35.6 Å². The number of carbonyl (C=O) groups is 2. The standard InChI is InChI=1S/C22H22N2O6/c1-14-3-4-20(17(7-14)11-23)15-8-16(21(25)28-2)10-18(9-15)30-13-19-12-24(22(26)27)5-6-29-19/h3-4,7-10,19H,5-6,12-13H2,1-2H3,(H,26,27). The molecule has 156 valence electrons. The van der Waals surface area contributed by atoms with Crippen molar-refractivity contribution in [2.45, 2.75) is 13.0 Å². The van der Waals surface area contributed by atoms with Crippen LogP contribution in [0.5, 0.6) is 5.75 Å². The number of rotatable bonds is 5. The number of amides is 1. The first-order chi connectivity index (χ1) is 14.4. The van der Waals surface area contributed by atoms with E-state index in [0.717, 1.165) is 5.56 Å². The second kappa shape index (κ2) is 9.29. The van der Waals surface area contributed by atoms with Crippen LogP contribution >= 0.6 is 0 Å². The Balaban J connectivity index is 1.88. The van der Waals surface area contributed by atoms with Gasteiger partial charge in [-0.15, -0.1) is 0 Å². The Kier molecular flexibility index (Phi) is 6.54. The molecule has 8 heteroatoms. The maximum atomic E-state index is 12.1. The number of morpholine rings is 1. The molecule has 1 amide bonds. The van der Waals surface area contributed by atoms with Gasteiger partial charge in [0.1, 0.15) is 18.5 Å². The van der Waals surface area contributed by atoms with E-state index in [-0.39, 0.29) is 18.7 Å². The van der Waals surface area contributed by atoms with Gasteiger partial charge in [0.2, 0.25) is 0 Å². The van der Waals surface area contributed by atoms with Crippen molar-refractivity contribution in [2.24, 2.45) is 0 Å². The highest BCUT2D eigenvalue weighted by Gasteiger charge is 2.24. The summed E-state index contributed by atoms with van der Waals surface area (Å²) in [6, 6.07) is 12.6. The molecule has 1 fully saturated rings. The molecule has 2 aromatic rings. The fourth-order valence-corrected chi connectivity index (χ4v) is 3.26. The number of methoxy groups -OCH3 is 1. The lowest BCUT2D eigenvalue weighted by Crippen LogP contribution is -2.47. The highest BCUT2D eigenvalue weighted by atomic mass is 16.5. The van der Waals surface area contributed by atoms with Gasteiger partial charge < -0.3 is 24.2 Å². The van der Waals surface area contributed by atoms with Crippen LogP contribution in [0.4, 0.5) is 4.79 Å². The Labute approximate surface area is 174 Å². The number of nitrogens with zero attached hydrogens (tertiary/aromatic N) is 2. The molecule has 0 saturated carbocycles. The highest BCUT2D eigenvalue weighted by Crippen LogP contribution is 2.30. The van der Waals surface area contributed by atoms with Gasteiger partial charge in [-0.1, -0.05) is 12.1 Å². The number of esters is 1. The quantitative estimate of drug-likeness (QED) is 0.755. The minimum atomic E-state index is -0.998. The van der Waals surface area contributed by atoms with E-state index in [4.69, 9.17) is 19.3 Å². The predicted molar refractivity (Wildman–Crippen MR) is 108 cm³/mol. The first kappa shape index (κ1) is 21.1. The van der Waals surface area contributed by atoms with Crippen LogP contribution in [-0.4, -0.2) is 61.6 Å². The predicted octanol–water partition coefficient (Wildman–Crippen LogP) is 3.08. The maximum Gasteiger partial charge on any atom is 0.407 e. The van der Waals surface area contributed by atoms with Crippen LogP contribution < -0.4 is 4.74 Å². The van der Waals surface area contributed by atoms with Gasteiger partial charge in [0.15, 0.2) is 0 Å². The number of ether oxygens (including phenoxy) is 3. The van der Waals surface area contributed by atoms with Crippen LogP contribution in [0.15, 0.2) is 36.4 Å². The summed E-state index contributed by atoms with van der Waals surface area (Å²) in [5.41, 5.74) is 3.03. The summed E-state index contributed by atoms with van der Waals surface area (Å²) in [5.74, 6) is -0.133. The lowest BCUT2D eigenvalue weighted by atomic mass is 9.97. The highest BCUT2D eigenvalue weighted by molar-refractivity contribution is 5.92. The van der Waals surface area contributed by atoms with Crippen LogP contribution in [0.25, 0.3) is 11.1 Å². The lowest BCUT2D eigenvalue weighted by molar-refractivity contribution is -0.0412. The minimum Gasteiger partial charge on any atom is -0.491 e. The average molecular weight is 410 g/mol. The van der Waals surface area contributed by atoms with E-state index >= 15 is 0 Å². The summed E-state index contributed by atoms with van der Waals surface area (Å²) >= 11 is 0. The van der Waals surface area contributed by atoms with E-state index in [1.165, 1.54) is 12.0 Å². The van der Waals surface area contributed by atoms with Gasteiger partial charge in [-0.05, 0) is 47.9 Å². The van der Waals surface area contributed by atoms with Gasteiger partial charge in [-0.25, -0.2) is 9.59 Å². The molecule has 0 aromatic heterocycles. The molecular weight excluding hydrogens is 388 g/mol. The summed E-state index contributed by atoms with van der Waals surface area (Å²) in [4.78, 5) is 24.6. The van der Waals surface area contributed by atoms with E-state index in [9.17, 15) is 14.9 Å². The molecular formula is C22H22N2O6. The second-order valence-corrected chi connectivity index (χ2v) is 6.93. The van der Waals surface area contributed by atoms with Gasteiger partial charge in [0, 0.05) is 6.54 Å². The summed E-state index contributed by atoms with van der Waals surface area (Å²) in [6.07, 6.45) is -1.42. The van der Waals surface area contributed by atoms with E-state index in [1.54, 1.807) is 24.3 Å². The molecule has 1 atom stereocenters. The Morgan fingerprint density at radius 3 is 2.80 bits per heavy atom. The number of benzene rings is 2. The largest absolute Gasteiger partial charge is 0.491 e. The molecule has 0 radical (unpaired) electrons. The number of aryl methyl sites for hydroxylation is 1. The first-order valence-electron chi connectivity index (χ1n) is 9.38. The minimum absolute atomic E-state index is 0.118. The monoisotopic (exact) mass is 410 g/mol. The van der Waals surface area contributed by atoms with Crippen molar-refractivity contribution in [3.05, 3.63) is 53.1 Å². The van der Waals surface area contributed by atoms with Crippen LogP contribution in [0.3, 0.4) is 0 Å². The molecule has 1 aliphatic rings. The summed E-state index contributed by atoms with van der Waals surface area (Å²) < 4.78 is 16.2. The number of nitriles is 1. The number of carbonyl (C=O) groups excluding carboxylic acids is 1. The van der Waals surface area contributed by atoms with Gasteiger partial charge in [0.25, 0.3) is 0 Å². The number of hydrogen-bond donors (Lipinski definition) is 1. The molecule has 1 unspecified atom stereocenters. The molecule has 1 aliphatic heterocycles. The van der Waals surface area contributed by atoms with Gasteiger partial charge in [-0.2, -0.15) is 5.26 Å². The molecule has 0 spiro atoms. The second-order valence-electron chi connectivity index (χ2n) is 6.93. The average Bonchev–Trinajstić information content (AvgIpc) is 2.76. The summed E-state index contributed by atoms with van der Waals surface area (Å²) in [5, 5.41) is 18.6. The third kappa shape index (κ3) is 4.88. The number of carboxylic acid groups (broad SMARTS) is 1. The maximum absolute atomic E-state index is 12.1. The normalized spacial score (nSPS) is 15.9. The van der Waals surface area contributed by atoms with Crippen LogP contribution in [0.1, 0.15) is 21.5 Å². The van der Waals surface area contributed by atoms with Gasteiger partial charge >= 0.3 is 12.1 Å². The van der Waals surface area contributed by atoms with Crippen molar-refractivity contribution in [2.75, 3.05) is 33.4 Å².